The van der Waals surface area contributed by atoms with Crippen molar-refractivity contribution in [2.45, 2.75) is 26.7 Å². The Kier molecular flexibility index (Phi) is 3.88. The Labute approximate surface area is 145 Å². The zero-order valence-corrected chi connectivity index (χ0v) is 14.8. The number of rotatable bonds is 2. The van der Waals surface area contributed by atoms with Gasteiger partial charge >= 0.3 is 0 Å². The summed E-state index contributed by atoms with van der Waals surface area (Å²) in [5, 5.41) is 0. The minimum atomic E-state index is 0.163. The fourth-order valence-electron chi connectivity index (χ4n) is 3.25. The number of thiazole rings is 1. The van der Waals surface area contributed by atoms with Crippen LogP contribution in [-0.2, 0) is 0 Å². The third kappa shape index (κ3) is 2.63. The maximum absolute atomic E-state index is 12.8. The predicted molar refractivity (Wildman–Crippen MR) is 97.5 cm³/mol. The lowest BCUT2D eigenvalue weighted by Crippen LogP contribution is -2.37. The van der Waals surface area contributed by atoms with Gasteiger partial charge in [0.2, 0.25) is 0 Å². The second-order valence-corrected chi connectivity index (χ2v) is 7.61. The molecule has 124 valence electrons. The van der Waals surface area contributed by atoms with Crippen LogP contribution in [0.4, 0.5) is 0 Å². The molecular formula is C19H21N3OS. The molecule has 3 aromatic rings. The Morgan fingerprint density at radius 3 is 2.58 bits per heavy atom. The summed E-state index contributed by atoms with van der Waals surface area (Å²) in [6.07, 6.45) is 4.24. The van der Waals surface area contributed by atoms with Crippen LogP contribution >= 0.6 is 11.3 Å². The molecule has 3 heterocycles. The molecule has 4 rings (SSSR count). The number of aryl methyl sites for hydroxylation is 1. The van der Waals surface area contributed by atoms with Crippen molar-refractivity contribution in [3.63, 3.8) is 0 Å². The summed E-state index contributed by atoms with van der Waals surface area (Å²) in [5.41, 5.74) is 3.05. The third-order valence-corrected chi connectivity index (χ3v) is 6.04. The van der Waals surface area contributed by atoms with Gasteiger partial charge in [0.15, 0.2) is 4.96 Å². The van der Waals surface area contributed by atoms with Gasteiger partial charge in [0.25, 0.3) is 5.91 Å². The first-order valence-corrected chi connectivity index (χ1v) is 9.28. The van der Waals surface area contributed by atoms with Gasteiger partial charge in [-0.2, -0.15) is 0 Å². The lowest BCUT2D eigenvalue weighted by Gasteiger charge is -2.30. The van der Waals surface area contributed by atoms with Crippen LogP contribution in [0.2, 0.25) is 0 Å². The van der Waals surface area contributed by atoms with Gasteiger partial charge < -0.3 is 4.90 Å². The van der Waals surface area contributed by atoms with E-state index in [1.807, 2.05) is 40.6 Å². The Balaban J connectivity index is 1.65. The van der Waals surface area contributed by atoms with Crippen molar-refractivity contribution in [1.29, 1.82) is 0 Å². The van der Waals surface area contributed by atoms with Crippen LogP contribution in [0.5, 0.6) is 0 Å². The standard InChI is InChI=1S/C19H21N3OS/c1-13-8-10-21(11-9-13)18(23)17-14(2)22-12-16(20-19(22)24-17)15-6-4-3-5-7-15/h3-7,12-13H,8-11H2,1-2H3. The van der Waals surface area contributed by atoms with E-state index in [2.05, 4.69) is 19.1 Å². The van der Waals surface area contributed by atoms with Crippen molar-refractivity contribution in [3.8, 4) is 11.3 Å². The van der Waals surface area contributed by atoms with Gasteiger partial charge in [0.1, 0.15) is 4.88 Å². The lowest BCUT2D eigenvalue weighted by molar-refractivity contribution is 0.0701. The van der Waals surface area contributed by atoms with E-state index in [0.717, 1.165) is 58.6 Å². The Bertz CT molecular complexity index is 873. The molecule has 0 unspecified atom stereocenters. The van der Waals surface area contributed by atoms with Crippen molar-refractivity contribution in [2.75, 3.05) is 13.1 Å². The second kappa shape index (κ2) is 6.06. The highest BCUT2D eigenvalue weighted by molar-refractivity contribution is 7.19. The molecule has 4 nitrogen and oxygen atoms in total. The fourth-order valence-corrected chi connectivity index (χ4v) is 4.33. The maximum atomic E-state index is 12.8. The number of imidazole rings is 1. The number of amides is 1. The summed E-state index contributed by atoms with van der Waals surface area (Å²) in [4.78, 5) is 21.3. The van der Waals surface area contributed by atoms with Crippen molar-refractivity contribution in [1.82, 2.24) is 14.3 Å². The molecule has 1 saturated heterocycles. The molecule has 1 aliphatic rings. The number of benzene rings is 1. The molecule has 0 spiro atoms. The second-order valence-electron chi connectivity index (χ2n) is 6.64. The van der Waals surface area contributed by atoms with Gasteiger partial charge in [0, 0.05) is 30.5 Å². The zero-order valence-electron chi connectivity index (χ0n) is 14.0. The monoisotopic (exact) mass is 339 g/mol. The van der Waals surface area contributed by atoms with E-state index in [0.29, 0.717) is 0 Å². The van der Waals surface area contributed by atoms with Gasteiger partial charge in [-0.1, -0.05) is 48.6 Å². The van der Waals surface area contributed by atoms with Crippen LogP contribution in [0.25, 0.3) is 16.2 Å². The fraction of sp³-hybridized carbons (Fsp3) is 0.368. The molecule has 5 heteroatoms. The zero-order chi connectivity index (χ0) is 16.7. The molecule has 0 saturated carbocycles. The molecule has 1 aliphatic heterocycles. The normalized spacial score (nSPS) is 16.0. The third-order valence-electron chi connectivity index (χ3n) is 4.89. The number of hydrogen-bond acceptors (Lipinski definition) is 3. The molecule has 1 fully saturated rings. The Hall–Kier alpha value is -2.14. The van der Waals surface area contributed by atoms with Crippen LogP contribution in [0, 0.1) is 12.8 Å². The van der Waals surface area contributed by atoms with E-state index in [4.69, 9.17) is 4.98 Å². The molecule has 0 atom stereocenters. The van der Waals surface area contributed by atoms with Crippen LogP contribution in [0.1, 0.15) is 35.1 Å². The quantitative estimate of drug-likeness (QED) is 0.700. The number of aromatic nitrogens is 2. The molecule has 0 bridgehead atoms. The number of likely N-dealkylation sites (tertiary alicyclic amines) is 1. The van der Waals surface area contributed by atoms with Gasteiger partial charge in [-0.15, -0.1) is 0 Å². The summed E-state index contributed by atoms with van der Waals surface area (Å²) in [5.74, 6) is 0.889. The van der Waals surface area contributed by atoms with Crippen molar-refractivity contribution < 1.29 is 4.79 Å². The SMILES string of the molecule is Cc1c(C(=O)N2CCC(C)CC2)sc2nc(-c3ccccc3)cn12. The number of piperidine rings is 1. The number of carbonyl (C=O) groups excluding carboxylic acids is 1. The first-order valence-electron chi connectivity index (χ1n) is 8.46. The molecule has 0 radical (unpaired) electrons. The maximum Gasteiger partial charge on any atom is 0.265 e. The summed E-state index contributed by atoms with van der Waals surface area (Å²) in [7, 11) is 0. The average Bonchev–Trinajstić information content (AvgIpc) is 3.16. The van der Waals surface area contributed by atoms with E-state index < -0.39 is 0 Å². The molecule has 1 amide bonds. The van der Waals surface area contributed by atoms with Gasteiger partial charge in [-0.05, 0) is 25.7 Å². The number of hydrogen-bond donors (Lipinski definition) is 0. The number of fused-ring (bicyclic) bond motifs is 1. The van der Waals surface area contributed by atoms with Crippen molar-refractivity contribution >= 4 is 22.2 Å². The smallest absolute Gasteiger partial charge is 0.265 e. The molecule has 24 heavy (non-hydrogen) atoms. The molecule has 0 N–H and O–H groups in total. The highest BCUT2D eigenvalue weighted by atomic mass is 32.1. The van der Waals surface area contributed by atoms with E-state index in [-0.39, 0.29) is 5.91 Å². The van der Waals surface area contributed by atoms with E-state index >= 15 is 0 Å². The Morgan fingerprint density at radius 2 is 1.92 bits per heavy atom. The van der Waals surface area contributed by atoms with Gasteiger partial charge in [-0.25, -0.2) is 4.98 Å². The van der Waals surface area contributed by atoms with Crippen molar-refractivity contribution in [2.24, 2.45) is 5.92 Å². The summed E-state index contributed by atoms with van der Waals surface area (Å²) in [6, 6.07) is 10.2. The van der Waals surface area contributed by atoms with Crippen LogP contribution in [0.15, 0.2) is 36.5 Å². The minimum Gasteiger partial charge on any atom is -0.338 e. The highest BCUT2D eigenvalue weighted by Gasteiger charge is 2.25. The van der Waals surface area contributed by atoms with Crippen LogP contribution < -0.4 is 0 Å². The van der Waals surface area contributed by atoms with E-state index in [1.54, 1.807) is 0 Å². The molecular weight excluding hydrogens is 318 g/mol. The van der Waals surface area contributed by atoms with Gasteiger partial charge in [-0.3, -0.25) is 9.20 Å². The summed E-state index contributed by atoms with van der Waals surface area (Å²) < 4.78 is 2.05. The number of nitrogens with zero attached hydrogens (tertiary/aromatic N) is 3. The minimum absolute atomic E-state index is 0.163. The van der Waals surface area contributed by atoms with Crippen LogP contribution in [-0.4, -0.2) is 33.3 Å². The van der Waals surface area contributed by atoms with Crippen LogP contribution in [0.3, 0.4) is 0 Å². The highest BCUT2D eigenvalue weighted by Crippen LogP contribution is 2.29. The molecule has 0 aliphatic carbocycles. The average molecular weight is 339 g/mol. The largest absolute Gasteiger partial charge is 0.338 e. The van der Waals surface area contributed by atoms with Gasteiger partial charge in [0.05, 0.1) is 5.69 Å². The summed E-state index contributed by atoms with van der Waals surface area (Å²) >= 11 is 1.50. The first-order chi connectivity index (χ1) is 11.6. The molecule has 2 aromatic heterocycles. The molecule has 1 aromatic carbocycles. The predicted octanol–water partition coefficient (Wildman–Crippen LogP) is 4.24. The first kappa shape index (κ1) is 15.4. The topological polar surface area (TPSA) is 37.6 Å². The summed E-state index contributed by atoms with van der Waals surface area (Å²) in [6.45, 7) is 6.01. The lowest BCUT2D eigenvalue weighted by atomic mass is 9.99. The van der Waals surface area contributed by atoms with Crippen molar-refractivity contribution in [3.05, 3.63) is 47.1 Å². The van der Waals surface area contributed by atoms with E-state index in [1.165, 1.54) is 11.3 Å². The number of carbonyl (C=O) groups is 1. The Morgan fingerprint density at radius 1 is 1.21 bits per heavy atom. The van der Waals surface area contributed by atoms with E-state index in [9.17, 15) is 4.79 Å².